The van der Waals surface area contributed by atoms with Gasteiger partial charge in [0.05, 0.1) is 0 Å². The first-order valence-corrected chi connectivity index (χ1v) is 4.61. The number of nitrogens with one attached hydrogen (secondary N) is 3. The standard InChI is InChI=1S/C5H9N3O4S/c9-4(8-10)3-5(13(11)12)7-2-1-6-3/h3,6-7,10H,1-2H2,(H,8,9). The summed E-state index contributed by atoms with van der Waals surface area (Å²) in [6.45, 7) is 0.886. The minimum absolute atomic E-state index is 0.155. The fraction of sp³-hybridized carbons (Fsp3) is 0.600. The summed E-state index contributed by atoms with van der Waals surface area (Å²) in [4.78, 5) is 10.8. The molecule has 1 heterocycles. The quantitative estimate of drug-likeness (QED) is 0.208. The molecular weight excluding hydrogens is 198 g/mol. The molecule has 1 aliphatic heterocycles. The SMILES string of the molecule is O=C(NO)C1NCCNC1=S(=O)=O. The lowest BCUT2D eigenvalue weighted by atomic mass is 10.2. The van der Waals surface area contributed by atoms with E-state index in [1.54, 1.807) is 0 Å². The maximum absolute atomic E-state index is 10.9. The maximum atomic E-state index is 10.9. The molecule has 0 aromatic heterocycles. The highest BCUT2D eigenvalue weighted by Gasteiger charge is 2.27. The lowest BCUT2D eigenvalue weighted by molar-refractivity contribution is -0.129. The number of carbonyl (C=O) groups is 1. The molecule has 1 atom stereocenters. The number of carbonyl (C=O) groups excluding carboxylic acids is 1. The fourth-order valence-electron chi connectivity index (χ4n) is 1.03. The number of hydrogen-bond acceptors (Lipinski definition) is 5. The van der Waals surface area contributed by atoms with E-state index >= 15 is 0 Å². The van der Waals surface area contributed by atoms with Crippen molar-refractivity contribution in [1.82, 2.24) is 16.1 Å². The van der Waals surface area contributed by atoms with Gasteiger partial charge >= 0.3 is 0 Å². The van der Waals surface area contributed by atoms with Crippen LogP contribution in [0.15, 0.2) is 0 Å². The van der Waals surface area contributed by atoms with E-state index in [-0.39, 0.29) is 4.99 Å². The minimum atomic E-state index is -2.48. The van der Waals surface area contributed by atoms with Gasteiger partial charge < -0.3 is 0 Å². The Morgan fingerprint density at radius 3 is 2.77 bits per heavy atom. The third-order valence-electron chi connectivity index (χ3n) is 1.59. The van der Waals surface area contributed by atoms with Crippen molar-refractivity contribution in [3.8, 4) is 0 Å². The van der Waals surface area contributed by atoms with Crippen molar-refractivity contribution in [3.05, 3.63) is 0 Å². The molecule has 0 aromatic rings. The summed E-state index contributed by atoms with van der Waals surface area (Å²) < 4.78 is 21.2. The molecule has 8 heteroatoms. The third-order valence-corrected chi connectivity index (χ3v) is 2.33. The zero-order valence-corrected chi connectivity index (χ0v) is 7.39. The summed E-state index contributed by atoms with van der Waals surface area (Å²) in [5.74, 6) is -0.800. The van der Waals surface area contributed by atoms with Crippen LogP contribution in [0, 0.1) is 0 Å². The summed E-state index contributed by atoms with van der Waals surface area (Å²) in [6.07, 6.45) is 0. The van der Waals surface area contributed by atoms with Crippen molar-refractivity contribution in [2.24, 2.45) is 0 Å². The number of rotatable bonds is 1. The van der Waals surface area contributed by atoms with E-state index < -0.39 is 22.2 Å². The molecule has 4 N–H and O–H groups in total. The molecule has 0 aliphatic carbocycles. The molecule has 1 saturated heterocycles. The zero-order chi connectivity index (χ0) is 9.84. The van der Waals surface area contributed by atoms with Gasteiger partial charge in [0, 0.05) is 13.1 Å². The van der Waals surface area contributed by atoms with Crippen LogP contribution in [0.2, 0.25) is 0 Å². The van der Waals surface area contributed by atoms with Gasteiger partial charge in [-0.1, -0.05) is 0 Å². The molecule has 1 aliphatic rings. The predicted molar refractivity (Wildman–Crippen MR) is 43.6 cm³/mol. The Morgan fingerprint density at radius 1 is 1.54 bits per heavy atom. The number of hydrogen-bond donors (Lipinski definition) is 4. The molecule has 1 amide bonds. The second kappa shape index (κ2) is 4.33. The van der Waals surface area contributed by atoms with Gasteiger partial charge in [0.2, 0.25) is 10.3 Å². The average Bonchev–Trinajstić information content (AvgIpc) is 2.16. The first-order valence-electron chi connectivity index (χ1n) is 3.54. The average molecular weight is 207 g/mol. The van der Waals surface area contributed by atoms with Gasteiger partial charge in [-0.3, -0.25) is 20.6 Å². The Bertz CT molecular complexity index is 328. The van der Waals surface area contributed by atoms with Crippen LogP contribution in [-0.4, -0.2) is 43.7 Å². The van der Waals surface area contributed by atoms with E-state index in [0.717, 1.165) is 0 Å². The zero-order valence-electron chi connectivity index (χ0n) is 6.57. The van der Waals surface area contributed by atoms with Crippen LogP contribution in [0.1, 0.15) is 0 Å². The molecule has 0 radical (unpaired) electrons. The highest BCUT2D eigenvalue weighted by atomic mass is 32.2. The van der Waals surface area contributed by atoms with E-state index in [0.29, 0.717) is 13.1 Å². The van der Waals surface area contributed by atoms with Crippen LogP contribution in [0.3, 0.4) is 0 Å². The Hall–Kier alpha value is -0.960. The summed E-state index contributed by atoms with van der Waals surface area (Å²) >= 11 is 0. The molecule has 1 fully saturated rings. The van der Waals surface area contributed by atoms with E-state index in [1.807, 2.05) is 0 Å². The lowest BCUT2D eigenvalue weighted by Gasteiger charge is -2.22. The Labute approximate surface area is 75.6 Å². The molecule has 1 rings (SSSR count). The van der Waals surface area contributed by atoms with Crippen molar-refractivity contribution in [3.63, 3.8) is 0 Å². The normalized spacial score (nSPS) is 22.5. The largest absolute Gasteiger partial charge is 0.299 e. The van der Waals surface area contributed by atoms with Crippen LogP contribution in [-0.2, 0) is 15.1 Å². The van der Waals surface area contributed by atoms with Gasteiger partial charge in [0.15, 0.2) is 0 Å². The smallest absolute Gasteiger partial charge is 0.267 e. The maximum Gasteiger partial charge on any atom is 0.267 e. The molecule has 13 heavy (non-hydrogen) atoms. The minimum Gasteiger partial charge on any atom is -0.299 e. The van der Waals surface area contributed by atoms with Crippen molar-refractivity contribution >= 4 is 21.2 Å². The first-order chi connectivity index (χ1) is 6.16. The summed E-state index contributed by atoms with van der Waals surface area (Å²) in [5.41, 5.74) is 1.38. The molecule has 0 aromatic carbocycles. The molecule has 74 valence electrons. The Balaban J connectivity index is 2.93. The van der Waals surface area contributed by atoms with Crippen LogP contribution in [0.4, 0.5) is 0 Å². The molecule has 0 bridgehead atoms. The highest BCUT2D eigenvalue weighted by Crippen LogP contribution is 1.90. The van der Waals surface area contributed by atoms with Crippen molar-refractivity contribution in [2.75, 3.05) is 13.1 Å². The van der Waals surface area contributed by atoms with Crippen LogP contribution >= 0.6 is 0 Å². The van der Waals surface area contributed by atoms with Gasteiger partial charge in [-0.25, -0.2) is 5.48 Å². The summed E-state index contributed by atoms with van der Waals surface area (Å²) in [5, 5.41) is 13.5. The number of amides is 1. The van der Waals surface area contributed by atoms with Crippen molar-refractivity contribution in [2.45, 2.75) is 6.04 Å². The Morgan fingerprint density at radius 2 is 2.23 bits per heavy atom. The van der Waals surface area contributed by atoms with Crippen LogP contribution < -0.4 is 16.1 Å². The molecule has 7 nitrogen and oxygen atoms in total. The molecular formula is C5H9N3O4S. The van der Waals surface area contributed by atoms with E-state index in [4.69, 9.17) is 5.21 Å². The van der Waals surface area contributed by atoms with Crippen molar-refractivity contribution < 1.29 is 18.4 Å². The lowest BCUT2D eigenvalue weighted by Crippen LogP contribution is -2.59. The van der Waals surface area contributed by atoms with Gasteiger partial charge in [0.25, 0.3) is 5.91 Å². The van der Waals surface area contributed by atoms with Crippen molar-refractivity contribution in [1.29, 1.82) is 0 Å². The monoisotopic (exact) mass is 207 g/mol. The fourth-order valence-corrected chi connectivity index (χ4v) is 1.63. The first kappa shape index (κ1) is 10.1. The van der Waals surface area contributed by atoms with Crippen LogP contribution in [0.5, 0.6) is 0 Å². The van der Waals surface area contributed by atoms with E-state index in [1.165, 1.54) is 5.48 Å². The second-order valence-electron chi connectivity index (χ2n) is 2.39. The molecule has 0 spiro atoms. The molecule has 0 saturated carbocycles. The van der Waals surface area contributed by atoms with E-state index in [9.17, 15) is 13.2 Å². The second-order valence-corrected chi connectivity index (χ2v) is 3.30. The van der Waals surface area contributed by atoms with Gasteiger partial charge in [0.1, 0.15) is 11.0 Å². The summed E-state index contributed by atoms with van der Waals surface area (Å²) in [7, 11) is -2.48. The number of hydroxylamine groups is 1. The van der Waals surface area contributed by atoms with Crippen LogP contribution in [0.25, 0.3) is 0 Å². The van der Waals surface area contributed by atoms with Gasteiger partial charge in [-0.15, -0.1) is 0 Å². The highest BCUT2D eigenvalue weighted by molar-refractivity contribution is 7.73. The van der Waals surface area contributed by atoms with Gasteiger partial charge in [-0.2, -0.15) is 8.42 Å². The summed E-state index contributed by atoms with van der Waals surface area (Å²) in [6, 6.07) is -1.03. The predicted octanol–water partition coefficient (Wildman–Crippen LogP) is -2.94. The van der Waals surface area contributed by atoms with E-state index in [2.05, 4.69) is 10.6 Å². The topological polar surface area (TPSA) is 108 Å². The third kappa shape index (κ3) is 2.25. The molecule has 1 unspecified atom stereocenters. The number of piperazine rings is 1. The van der Waals surface area contributed by atoms with Gasteiger partial charge in [-0.05, 0) is 0 Å². The Kier molecular flexibility index (Phi) is 3.37.